The van der Waals surface area contributed by atoms with Gasteiger partial charge >= 0.3 is 0 Å². The summed E-state index contributed by atoms with van der Waals surface area (Å²) in [4.78, 5) is 16.7. The molecule has 0 fully saturated rings. The predicted octanol–water partition coefficient (Wildman–Crippen LogP) is 4.75. The summed E-state index contributed by atoms with van der Waals surface area (Å²) < 4.78 is 10.9. The van der Waals surface area contributed by atoms with E-state index < -0.39 is 0 Å². The molecule has 2 aromatic carbocycles. The molecule has 0 aliphatic rings. The number of carbonyl (C=O) groups excluding carboxylic acids is 1. The number of hydrogen-bond acceptors (Lipinski definition) is 4. The average Bonchev–Trinajstić information content (AvgIpc) is 3.31. The van der Waals surface area contributed by atoms with Crippen LogP contribution in [0, 0.1) is 0 Å². The lowest BCUT2D eigenvalue weighted by molar-refractivity contribution is -0.121. The maximum atomic E-state index is 12.4. The molecule has 29 heavy (non-hydrogen) atoms. The number of methoxy groups -OCH3 is 1. The molecule has 1 N–H and O–H groups in total. The molecule has 0 unspecified atom stereocenters. The van der Waals surface area contributed by atoms with E-state index >= 15 is 0 Å². The van der Waals surface area contributed by atoms with Gasteiger partial charge in [0, 0.05) is 36.5 Å². The third kappa shape index (κ3) is 4.29. The van der Waals surface area contributed by atoms with Gasteiger partial charge in [-0.15, -0.1) is 0 Å². The Bertz CT molecular complexity index is 1120. The minimum atomic E-state index is -0.0108. The second kappa shape index (κ2) is 8.61. The quantitative estimate of drug-likeness (QED) is 0.498. The van der Waals surface area contributed by atoms with Gasteiger partial charge in [-0.1, -0.05) is 30.3 Å². The molecule has 0 radical (unpaired) electrons. The molecule has 2 aromatic heterocycles. The monoisotopic (exact) mass is 386 g/mol. The summed E-state index contributed by atoms with van der Waals surface area (Å²) in [6, 6.07) is 17.8. The molecule has 4 aromatic rings. The van der Waals surface area contributed by atoms with E-state index in [-0.39, 0.29) is 5.91 Å². The summed E-state index contributed by atoms with van der Waals surface area (Å²) in [5, 5.41) is 5.24. The SMILES string of the molecule is COc1ccc2ccccc2c1CCC(=O)NCc1cncc(-c2ccco2)c1. The first kappa shape index (κ1) is 18.7. The summed E-state index contributed by atoms with van der Waals surface area (Å²) in [7, 11) is 1.66. The molecule has 4 rings (SSSR count). The van der Waals surface area contributed by atoms with E-state index in [1.54, 1.807) is 25.8 Å². The summed E-state index contributed by atoms with van der Waals surface area (Å²) in [5.41, 5.74) is 2.87. The van der Waals surface area contributed by atoms with Crippen LogP contribution in [-0.2, 0) is 17.8 Å². The number of carbonyl (C=O) groups is 1. The van der Waals surface area contributed by atoms with Crippen LogP contribution in [0.2, 0.25) is 0 Å². The lowest BCUT2D eigenvalue weighted by atomic mass is 9.99. The van der Waals surface area contributed by atoms with Gasteiger partial charge in [-0.3, -0.25) is 9.78 Å². The Kier molecular flexibility index (Phi) is 5.56. The van der Waals surface area contributed by atoms with Crippen LogP contribution in [0.25, 0.3) is 22.1 Å². The third-order valence-corrected chi connectivity index (χ3v) is 4.91. The van der Waals surface area contributed by atoms with Crippen LogP contribution in [0.4, 0.5) is 0 Å². The Labute approximate surface area is 169 Å². The van der Waals surface area contributed by atoms with E-state index in [1.165, 1.54) is 0 Å². The molecule has 0 spiro atoms. The van der Waals surface area contributed by atoms with Crippen molar-refractivity contribution in [3.63, 3.8) is 0 Å². The van der Waals surface area contributed by atoms with Crippen molar-refractivity contribution in [3.8, 4) is 17.1 Å². The van der Waals surface area contributed by atoms with Crippen molar-refractivity contribution in [3.05, 3.63) is 84.4 Å². The number of aryl methyl sites for hydroxylation is 1. The first-order chi connectivity index (χ1) is 14.2. The number of amides is 1. The van der Waals surface area contributed by atoms with Crippen molar-refractivity contribution in [1.29, 1.82) is 0 Å². The number of pyridine rings is 1. The highest BCUT2D eigenvalue weighted by Gasteiger charge is 2.11. The zero-order chi connectivity index (χ0) is 20.1. The Morgan fingerprint density at radius 3 is 2.83 bits per heavy atom. The van der Waals surface area contributed by atoms with Crippen LogP contribution >= 0.6 is 0 Å². The molecule has 1 amide bonds. The maximum absolute atomic E-state index is 12.4. The van der Waals surface area contributed by atoms with Crippen LogP contribution < -0.4 is 10.1 Å². The lowest BCUT2D eigenvalue weighted by Crippen LogP contribution is -2.23. The smallest absolute Gasteiger partial charge is 0.220 e. The standard InChI is InChI=1S/C24H22N2O3/c1-28-23-10-8-18-5-2-3-6-20(18)21(23)9-11-24(27)26-15-17-13-19(16-25-14-17)22-7-4-12-29-22/h2-8,10,12-14,16H,9,11,15H2,1H3,(H,26,27). The van der Waals surface area contributed by atoms with Crippen LogP contribution in [0.1, 0.15) is 17.5 Å². The van der Waals surface area contributed by atoms with Crippen LogP contribution in [0.15, 0.2) is 77.7 Å². The van der Waals surface area contributed by atoms with Crippen LogP contribution in [0.3, 0.4) is 0 Å². The number of nitrogens with one attached hydrogen (secondary N) is 1. The minimum absolute atomic E-state index is 0.0108. The molecule has 0 atom stereocenters. The first-order valence-electron chi connectivity index (χ1n) is 9.54. The Morgan fingerprint density at radius 1 is 1.10 bits per heavy atom. The van der Waals surface area contributed by atoms with Crippen molar-refractivity contribution in [2.24, 2.45) is 0 Å². The Morgan fingerprint density at radius 2 is 2.00 bits per heavy atom. The molecule has 5 nitrogen and oxygen atoms in total. The van der Waals surface area contributed by atoms with Gasteiger partial charge in [0.25, 0.3) is 0 Å². The highest BCUT2D eigenvalue weighted by Crippen LogP contribution is 2.29. The Balaban J connectivity index is 1.40. The number of rotatable bonds is 7. The summed E-state index contributed by atoms with van der Waals surface area (Å²) in [6.45, 7) is 0.424. The molecule has 2 heterocycles. The number of fused-ring (bicyclic) bond motifs is 1. The van der Waals surface area contributed by atoms with Gasteiger partial charge < -0.3 is 14.5 Å². The van der Waals surface area contributed by atoms with Gasteiger partial charge in [-0.2, -0.15) is 0 Å². The number of nitrogens with zero attached hydrogens (tertiary/aromatic N) is 1. The van der Waals surface area contributed by atoms with Gasteiger partial charge in [-0.25, -0.2) is 0 Å². The van der Waals surface area contributed by atoms with E-state index in [2.05, 4.69) is 22.4 Å². The maximum Gasteiger partial charge on any atom is 0.220 e. The minimum Gasteiger partial charge on any atom is -0.496 e. The van der Waals surface area contributed by atoms with Gasteiger partial charge in [0.1, 0.15) is 11.5 Å². The highest BCUT2D eigenvalue weighted by molar-refractivity contribution is 5.88. The largest absolute Gasteiger partial charge is 0.496 e. The summed E-state index contributed by atoms with van der Waals surface area (Å²) >= 11 is 0. The topological polar surface area (TPSA) is 64.4 Å². The van der Waals surface area contributed by atoms with Gasteiger partial charge in [0.05, 0.1) is 13.4 Å². The molecule has 0 bridgehead atoms. The molecule has 146 valence electrons. The van der Waals surface area contributed by atoms with Gasteiger partial charge in [0.2, 0.25) is 5.91 Å². The van der Waals surface area contributed by atoms with E-state index in [1.807, 2.05) is 42.5 Å². The van der Waals surface area contributed by atoms with Crippen molar-refractivity contribution >= 4 is 16.7 Å². The number of hydrogen-bond donors (Lipinski definition) is 1. The lowest BCUT2D eigenvalue weighted by Gasteiger charge is -2.12. The zero-order valence-electron chi connectivity index (χ0n) is 16.2. The Hall–Kier alpha value is -3.60. The number of ether oxygens (including phenoxy) is 1. The van der Waals surface area contributed by atoms with E-state index in [0.29, 0.717) is 19.4 Å². The highest BCUT2D eigenvalue weighted by atomic mass is 16.5. The second-order valence-electron chi connectivity index (χ2n) is 6.80. The number of furan rings is 1. The first-order valence-corrected chi connectivity index (χ1v) is 9.54. The molecule has 0 aliphatic carbocycles. The fourth-order valence-corrected chi connectivity index (χ4v) is 3.45. The van der Waals surface area contributed by atoms with Crippen molar-refractivity contribution in [1.82, 2.24) is 10.3 Å². The fourth-order valence-electron chi connectivity index (χ4n) is 3.45. The van der Waals surface area contributed by atoms with E-state index in [9.17, 15) is 4.79 Å². The van der Waals surface area contributed by atoms with Gasteiger partial charge in [0.15, 0.2) is 0 Å². The molecule has 0 saturated carbocycles. The van der Waals surface area contributed by atoms with Crippen molar-refractivity contribution in [2.75, 3.05) is 7.11 Å². The zero-order valence-corrected chi connectivity index (χ0v) is 16.2. The normalized spacial score (nSPS) is 10.8. The molecule has 0 aliphatic heterocycles. The van der Waals surface area contributed by atoms with E-state index in [0.717, 1.165) is 39.0 Å². The van der Waals surface area contributed by atoms with E-state index in [4.69, 9.17) is 9.15 Å². The van der Waals surface area contributed by atoms with Crippen molar-refractivity contribution in [2.45, 2.75) is 19.4 Å². The molecular formula is C24H22N2O3. The molecular weight excluding hydrogens is 364 g/mol. The van der Waals surface area contributed by atoms with Crippen LogP contribution in [-0.4, -0.2) is 18.0 Å². The summed E-state index contributed by atoms with van der Waals surface area (Å²) in [6.07, 6.45) is 6.12. The second-order valence-corrected chi connectivity index (χ2v) is 6.80. The fraction of sp³-hybridized carbons (Fsp3) is 0.167. The summed E-state index contributed by atoms with van der Waals surface area (Å²) in [5.74, 6) is 1.56. The van der Waals surface area contributed by atoms with Crippen LogP contribution in [0.5, 0.6) is 5.75 Å². The number of benzene rings is 2. The predicted molar refractivity (Wildman–Crippen MR) is 113 cm³/mol. The third-order valence-electron chi connectivity index (χ3n) is 4.91. The van der Waals surface area contributed by atoms with Crippen molar-refractivity contribution < 1.29 is 13.9 Å². The average molecular weight is 386 g/mol. The molecule has 5 heteroatoms. The van der Waals surface area contributed by atoms with Gasteiger partial charge in [-0.05, 0) is 47.0 Å². The molecule has 0 saturated heterocycles. The number of aromatic nitrogens is 1.